The van der Waals surface area contributed by atoms with E-state index in [-0.39, 0.29) is 17.9 Å². The molecule has 3 rings (SSSR count). The Balaban J connectivity index is 1.86. The zero-order valence-corrected chi connectivity index (χ0v) is 17.9. The summed E-state index contributed by atoms with van der Waals surface area (Å²) in [5.41, 5.74) is 0.762. The van der Waals surface area contributed by atoms with Gasteiger partial charge < -0.3 is 10.2 Å². The molecule has 0 aromatic heterocycles. The van der Waals surface area contributed by atoms with Crippen LogP contribution in [-0.4, -0.2) is 50.8 Å². The molecule has 2 N–H and O–H groups in total. The lowest BCUT2D eigenvalue weighted by Crippen LogP contribution is -2.50. The van der Waals surface area contributed by atoms with Crippen molar-refractivity contribution in [2.24, 2.45) is 5.41 Å². The molecule has 6 nitrogen and oxygen atoms in total. The highest BCUT2D eigenvalue weighted by Crippen LogP contribution is 2.44. The van der Waals surface area contributed by atoms with Crippen molar-refractivity contribution in [3.63, 3.8) is 0 Å². The van der Waals surface area contributed by atoms with E-state index < -0.39 is 27.9 Å². The number of hydrogen-bond acceptors (Lipinski definition) is 3. The summed E-state index contributed by atoms with van der Waals surface area (Å²) in [6.07, 6.45) is 3.85. The molecule has 1 saturated heterocycles. The van der Waals surface area contributed by atoms with Crippen LogP contribution in [0.1, 0.15) is 44.2 Å². The minimum atomic E-state index is -3.45. The number of halogens is 1. The summed E-state index contributed by atoms with van der Waals surface area (Å²) >= 11 is 0. The highest BCUT2D eigenvalue weighted by atomic mass is 32.2. The van der Waals surface area contributed by atoms with E-state index in [1.54, 1.807) is 23.1 Å². The Labute approximate surface area is 172 Å². The summed E-state index contributed by atoms with van der Waals surface area (Å²) in [5, 5.41) is 2.75. The minimum absolute atomic E-state index is 0.00651. The molecule has 158 valence electrons. The van der Waals surface area contributed by atoms with Crippen LogP contribution in [0.25, 0.3) is 0 Å². The number of carbonyl (C=O) groups is 1. The van der Waals surface area contributed by atoms with Crippen LogP contribution < -0.4 is 10.0 Å². The number of rotatable bonds is 5. The molecule has 29 heavy (non-hydrogen) atoms. The maximum atomic E-state index is 15.1. The van der Waals surface area contributed by atoms with Crippen LogP contribution in [0.3, 0.4) is 0 Å². The topological polar surface area (TPSA) is 78.5 Å². The van der Waals surface area contributed by atoms with Crippen molar-refractivity contribution in [1.82, 2.24) is 14.9 Å². The molecule has 2 amide bonds. The fraction of sp³-hybridized carbons (Fsp3) is 0.571. The molecule has 2 aliphatic rings. The van der Waals surface area contributed by atoms with Gasteiger partial charge in [-0.05, 0) is 51.2 Å². The molecule has 1 aromatic carbocycles. The normalized spacial score (nSPS) is 22.7. The summed E-state index contributed by atoms with van der Waals surface area (Å²) in [7, 11) is -3.45. The van der Waals surface area contributed by atoms with E-state index in [0.717, 1.165) is 19.1 Å². The SMILES string of the molecule is CCNC(=O)N1CCC(NS(C)(=O)=O)C1Cc1cccc(C#CC2(C)CC2)c1F. The zero-order chi connectivity index (χ0) is 21.2. The number of benzene rings is 1. The Hall–Kier alpha value is -2.11. The van der Waals surface area contributed by atoms with Crippen LogP contribution in [0.15, 0.2) is 18.2 Å². The van der Waals surface area contributed by atoms with E-state index in [4.69, 9.17) is 0 Å². The molecule has 0 radical (unpaired) electrons. The molecule has 0 spiro atoms. The zero-order valence-electron chi connectivity index (χ0n) is 17.1. The molecule has 1 aliphatic heterocycles. The fourth-order valence-corrected chi connectivity index (χ4v) is 4.44. The van der Waals surface area contributed by atoms with E-state index in [1.807, 2.05) is 6.92 Å². The molecule has 1 saturated carbocycles. The Morgan fingerprint density at radius 3 is 2.72 bits per heavy atom. The van der Waals surface area contributed by atoms with E-state index in [0.29, 0.717) is 30.6 Å². The first kappa shape index (κ1) is 21.6. The van der Waals surface area contributed by atoms with Crippen molar-refractivity contribution in [2.45, 2.75) is 51.6 Å². The molecular formula is C21H28FN3O3S. The molecule has 1 aliphatic carbocycles. The lowest BCUT2D eigenvalue weighted by atomic mass is 9.98. The minimum Gasteiger partial charge on any atom is -0.338 e. The molecular weight excluding hydrogens is 393 g/mol. The number of likely N-dealkylation sites (tertiary alicyclic amines) is 1. The van der Waals surface area contributed by atoms with Gasteiger partial charge in [-0.15, -0.1) is 0 Å². The van der Waals surface area contributed by atoms with Crippen molar-refractivity contribution in [3.05, 3.63) is 35.1 Å². The van der Waals surface area contributed by atoms with Gasteiger partial charge in [-0.2, -0.15) is 0 Å². The summed E-state index contributed by atoms with van der Waals surface area (Å²) in [6, 6.07) is 3.86. The number of hydrogen-bond donors (Lipinski definition) is 2. The largest absolute Gasteiger partial charge is 0.338 e. The first-order valence-corrected chi connectivity index (χ1v) is 11.8. The number of nitrogens with one attached hydrogen (secondary N) is 2. The Morgan fingerprint density at radius 2 is 2.10 bits per heavy atom. The third-order valence-electron chi connectivity index (χ3n) is 5.51. The molecule has 1 heterocycles. The lowest BCUT2D eigenvalue weighted by molar-refractivity contribution is 0.189. The first-order chi connectivity index (χ1) is 13.6. The van der Waals surface area contributed by atoms with Crippen LogP contribution in [0.5, 0.6) is 0 Å². The average Bonchev–Trinajstić information content (AvgIpc) is 3.25. The lowest BCUT2D eigenvalue weighted by Gasteiger charge is -2.28. The third kappa shape index (κ3) is 5.49. The molecule has 1 aromatic rings. The second-order valence-electron chi connectivity index (χ2n) is 8.17. The number of sulfonamides is 1. The van der Waals surface area contributed by atoms with Gasteiger partial charge in [0.25, 0.3) is 0 Å². The van der Waals surface area contributed by atoms with Crippen molar-refractivity contribution >= 4 is 16.1 Å². The van der Waals surface area contributed by atoms with E-state index >= 15 is 4.39 Å². The standard InChI is InChI=1S/C21H28FN3O3S/c1-4-23-20(26)25-13-9-17(24-29(3,27)28)18(25)14-16-7-5-6-15(19(16)22)8-10-21(2)11-12-21/h5-7,17-18,24H,4,9,11-14H2,1-3H3,(H,23,26). The monoisotopic (exact) mass is 421 g/mol. The second-order valence-corrected chi connectivity index (χ2v) is 9.95. The van der Waals surface area contributed by atoms with Crippen LogP contribution in [0, 0.1) is 23.1 Å². The van der Waals surface area contributed by atoms with E-state index in [1.165, 1.54) is 0 Å². The highest BCUT2D eigenvalue weighted by molar-refractivity contribution is 7.88. The van der Waals surface area contributed by atoms with Gasteiger partial charge in [0.15, 0.2) is 0 Å². The summed E-state index contributed by atoms with van der Waals surface area (Å²) in [4.78, 5) is 14.0. The third-order valence-corrected chi connectivity index (χ3v) is 6.24. The maximum Gasteiger partial charge on any atom is 0.317 e. The van der Waals surface area contributed by atoms with Gasteiger partial charge in [-0.25, -0.2) is 22.3 Å². The Kier molecular flexibility index (Phi) is 6.20. The van der Waals surface area contributed by atoms with Crippen LogP contribution in [0.4, 0.5) is 9.18 Å². The van der Waals surface area contributed by atoms with Crippen molar-refractivity contribution < 1.29 is 17.6 Å². The van der Waals surface area contributed by atoms with Crippen LogP contribution in [0.2, 0.25) is 0 Å². The van der Waals surface area contributed by atoms with Gasteiger partial charge in [0.1, 0.15) is 5.82 Å². The molecule has 2 fully saturated rings. The van der Waals surface area contributed by atoms with Crippen molar-refractivity contribution in [3.8, 4) is 11.8 Å². The number of carbonyl (C=O) groups excluding carboxylic acids is 1. The van der Waals surface area contributed by atoms with Gasteiger partial charge in [0.2, 0.25) is 10.0 Å². The number of urea groups is 1. The van der Waals surface area contributed by atoms with Crippen molar-refractivity contribution in [1.29, 1.82) is 0 Å². The summed E-state index contributed by atoms with van der Waals surface area (Å²) in [5.74, 6) is 5.70. The fourth-order valence-electron chi connectivity index (χ4n) is 3.61. The highest BCUT2D eigenvalue weighted by Gasteiger charge is 2.39. The quantitative estimate of drug-likeness (QED) is 0.716. The van der Waals surface area contributed by atoms with Crippen molar-refractivity contribution in [2.75, 3.05) is 19.3 Å². The van der Waals surface area contributed by atoms with Crippen LogP contribution >= 0.6 is 0 Å². The maximum absolute atomic E-state index is 15.1. The van der Waals surface area contributed by atoms with E-state index in [2.05, 4.69) is 28.8 Å². The van der Waals surface area contributed by atoms with Gasteiger partial charge in [0.05, 0.1) is 17.9 Å². The van der Waals surface area contributed by atoms with Crippen LogP contribution in [-0.2, 0) is 16.4 Å². The molecule has 8 heteroatoms. The predicted molar refractivity (Wildman–Crippen MR) is 110 cm³/mol. The molecule has 0 bridgehead atoms. The van der Waals surface area contributed by atoms with Gasteiger partial charge in [0, 0.05) is 24.5 Å². The Morgan fingerprint density at radius 1 is 1.38 bits per heavy atom. The number of nitrogens with zero attached hydrogens (tertiary/aromatic N) is 1. The molecule has 2 atom stereocenters. The molecule has 2 unspecified atom stereocenters. The Bertz CT molecular complexity index is 948. The second kappa shape index (κ2) is 8.33. The summed E-state index contributed by atoms with van der Waals surface area (Å²) < 4.78 is 41.2. The number of amides is 2. The smallest absolute Gasteiger partial charge is 0.317 e. The van der Waals surface area contributed by atoms with Gasteiger partial charge >= 0.3 is 6.03 Å². The first-order valence-electron chi connectivity index (χ1n) is 9.94. The van der Waals surface area contributed by atoms with Gasteiger partial charge in [-0.1, -0.05) is 24.0 Å². The summed E-state index contributed by atoms with van der Waals surface area (Å²) in [6.45, 7) is 4.75. The average molecular weight is 422 g/mol. The predicted octanol–water partition coefficient (Wildman–Crippen LogP) is 2.24. The van der Waals surface area contributed by atoms with Gasteiger partial charge in [-0.3, -0.25) is 0 Å². The van der Waals surface area contributed by atoms with E-state index in [9.17, 15) is 13.2 Å².